The number of aromatic nitrogens is 1. The van der Waals surface area contributed by atoms with Crippen LogP contribution in [0.1, 0.15) is 0 Å². The van der Waals surface area contributed by atoms with E-state index >= 15 is 0 Å². The minimum absolute atomic E-state index is 0.0108. The van der Waals surface area contributed by atoms with Gasteiger partial charge in [0.05, 0.1) is 21.5 Å². The molecule has 0 unspecified atom stereocenters. The van der Waals surface area contributed by atoms with Gasteiger partial charge in [0.15, 0.2) is 5.13 Å². The van der Waals surface area contributed by atoms with Crippen LogP contribution >= 0.6 is 39.5 Å². The average molecular weight is 323 g/mol. The Hall–Kier alpha value is -1.06. The summed E-state index contributed by atoms with van der Waals surface area (Å²) in [5.74, 6) is -1.61. The highest BCUT2D eigenvalue weighted by molar-refractivity contribution is 9.11. The van der Waals surface area contributed by atoms with Crippen molar-refractivity contribution in [1.82, 2.24) is 10.3 Å². The van der Waals surface area contributed by atoms with Gasteiger partial charge in [0.1, 0.15) is 0 Å². The molecular formula is C7H7BrN4O2S2. The van der Waals surface area contributed by atoms with E-state index in [2.05, 4.69) is 43.8 Å². The number of carbonyl (C=O) groups excluding carboxylic acids is 2. The predicted molar refractivity (Wildman–Crippen MR) is 68.2 cm³/mol. The first-order valence-corrected chi connectivity index (χ1v) is 5.99. The van der Waals surface area contributed by atoms with Crippen molar-refractivity contribution in [3.05, 3.63) is 9.98 Å². The summed E-state index contributed by atoms with van der Waals surface area (Å²) < 4.78 is 0.756. The third-order valence-electron chi connectivity index (χ3n) is 1.33. The van der Waals surface area contributed by atoms with Gasteiger partial charge in [0.2, 0.25) is 0 Å². The van der Waals surface area contributed by atoms with Crippen LogP contribution in [0.5, 0.6) is 0 Å². The molecular weight excluding hydrogens is 316 g/mol. The number of hydrogen-bond acceptors (Lipinski definition) is 5. The Balaban J connectivity index is 2.46. The lowest BCUT2D eigenvalue weighted by molar-refractivity contribution is -0.135. The maximum atomic E-state index is 11.3. The van der Waals surface area contributed by atoms with Gasteiger partial charge in [0, 0.05) is 0 Å². The van der Waals surface area contributed by atoms with E-state index in [9.17, 15) is 9.59 Å². The van der Waals surface area contributed by atoms with Crippen LogP contribution in [0.3, 0.4) is 0 Å². The van der Waals surface area contributed by atoms with Crippen LogP contribution in [0.25, 0.3) is 0 Å². The molecule has 0 atom stereocenters. The Morgan fingerprint density at radius 3 is 2.75 bits per heavy atom. The van der Waals surface area contributed by atoms with Gasteiger partial charge in [-0.1, -0.05) is 23.6 Å². The van der Waals surface area contributed by atoms with Gasteiger partial charge in [-0.15, -0.1) is 0 Å². The summed E-state index contributed by atoms with van der Waals surface area (Å²) in [7, 11) is 0. The molecule has 0 saturated carbocycles. The molecule has 86 valence electrons. The first kappa shape index (κ1) is 13.0. The number of hydrogen-bond donors (Lipinski definition) is 3. The molecule has 9 heteroatoms. The number of nitrogens with one attached hydrogen (secondary N) is 2. The van der Waals surface area contributed by atoms with Gasteiger partial charge in [-0.2, -0.15) is 0 Å². The molecule has 6 nitrogen and oxygen atoms in total. The van der Waals surface area contributed by atoms with Crippen LogP contribution in [0.4, 0.5) is 5.13 Å². The zero-order valence-electron chi connectivity index (χ0n) is 7.82. The van der Waals surface area contributed by atoms with E-state index in [0.29, 0.717) is 5.13 Å². The molecule has 0 spiro atoms. The van der Waals surface area contributed by atoms with E-state index in [-0.39, 0.29) is 11.5 Å². The molecule has 2 amide bonds. The standard InChI is InChI=1S/C7H7BrN4O2S2/c8-3-1-11-7(16-3)12-6(14)5(13)10-2-4(9)15/h1H,2H2,(H2,9,15)(H,10,13)(H,11,12,14). The lowest BCUT2D eigenvalue weighted by Crippen LogP contribution is -2.39. The molecule has 1 rings (SSSR count). The number of thiocarbonyl (C=S) groups is 1. The molecule has 0 radical (unpaired) electrons. The van der Waals surface area contributed by atoms with E-state index in [0.717, 1.165) is 3.79 Å². The molecule has 1 aromatic rings. The molecule has 0 aromatic carbocycles. The Bertz CT molecular complexity index is 434. The second-order valence-corrected chi connectivity index (χ2v) is 5.51. The Morgan fingerprint density at radius 1 is 1.56 bits per heavy atom. The largest absolute Gasteiger partial charge is 0.392 e. The topological polar surface area (TPSA) is 97.1 Å². The van der Waals surface area contributed by atoms with Gasteiger partial charge in [-0.3, -0.25) is 14.9 Å². The maximum absolute atomic E-state index is 11.3. The smallest absolute Gasteiger partial charge is 0.315 e. The summed E-state index contributed by atoms with van der Waals surface area (Å²) in [4.78, 5) is 26.4. The summed E-state index contributed by atoms with van der Waals surface area (Å²) in [6.45, 7) is -0.0108. The molecule has 1 heterocycles. The summed E-state index contributed by atoms with van der Waals surface area (Å²) in [5.41, 5.74) is 5.17. The summed E-state index contributed by atoms with van der Waals surface area (Å²) in [6.07, 6.45) is 1.52. The molecule has 0 aliphatic heterocycles. The molecule has 0 aliphatic rings. The van der Waals surface area contributed by atoms with Crippen molar-refractivity contribution in [2.75, 3.05) is 11.9 Å². The number of halogens is 1. The Morgan fingerprint density at radius 2 is 2.25 bits per heavy atom. The van der Waals surface area contributed by atoms with E-state index in [4.69, 9.17) is 5.73 Å². The molecule has 1 aromatic heterocycles. The molecule has 0 aliphatic carbocycles. The van der Waals surface area contributed by atoms with Crippen LogP contribution in [0.2, 0.25) is 0 Å². The van der Waals surface area contributed by atoms with Crippen molar-refractivity contribution in [2.24, 2.45) is 5.73 Å². The second kappa shape index (κ2) is 5.87. The summed E-state index contributed by atoms with van der Waals surface area (Å²) >= 11 is 8.93. The molecule has 0 saturated heterocycles. The minimum Gasteiger partial charge on any atom is -0.392 e. The molecule has 16 heavy (non-hydrogen) atoms. The summed E-state index contributed by atoms with van der Waals surface area (Å²) in [5, 5.41) is 4.92. The highest BCUT2D eigenvalue weighted by atomic mass is 79.9. The highest BCUT2D eigenvalue weighted by Gasteiger charge is 2.14. The van der Waals surface area contributed by atoms with E-state index in [1.54, 1.807) is 0 Å². The number of anilines is 1. The number of amides is 2. The highest BCUT2D eigenvalue weighted by Crippen LogP contribution is 2.22. The van der Waals surface area contributed by atoms with Crippen molar-refractivity contribution >= 4 is 61.4 Å². The predicted octanol–water partition coefficient (Wildman–Crippen LogP) is 0.246. The second-order valence-electron chi connectivity index (χ2n) is 2.57. The number of carbonyl (C=O) groups is 2. The molecule has 0 fully saturated rings. The average Bonchev–Trinajstić information content (AvgIpc) is 2.60. The SMILES string of the molecule is NC(=S)CNC(=O)C(=O)Nc1ncc(Br)s1. The maximum Gasteiger partial charge on any atom is 0.315 e. The lowest BCUT2D eigenvalue weighted by Gasteiger charge is -2.02. The number of thiazole rings is 1. The van der Waals surface area contributed by atoms with Crippen molar-refractivity contribution < 1.29 is 9.59 Å². The van der Waals surface area contributed by atoms with Gasteiger partial charge >= 0.3 is 11.8 Å². The fraction of sp³-hybridized carbons (Fsp3) is 0.143. The van der Waals surface area contributed by atoms with E-state index in [1.807, 2.05) is 0 Å². The van der Waals surface area contributed by atoms with Crippen molar-refractivity contribution in [3.63, 3.8) is 0 Å². The normalized spacial score (nSPS) is 9.56. The van der Waals surface area contributed by atoms with Crippen LogP contribution in [-0.2, 0) is 9.59 Å². The quantitative estimate of drug-likeness (QED) is 0.547. The van der Waals surface area contributed by atoms with Crippen LogP contribution in [-0.4, -0.2) is 28.3 Å². The lowest BCUT2D eigenvalue weighted by atomic mass is 10.5. The van der Waals surface area contributed by atoms with Crippen LogP contribution < -0.4 is 16.4 Å². The zero-order valence-corrected chi connectivity index (χ0v) is 11.0. The van der Waals surface area contributed by atoms with Gasteiger partial charge in [-0.25, -0.2) is 4.98 Å². The third kappa shape index (κ3) is 4.21. The summed E-state index contributed by atoms with van der Waals surface area (Å²) in [6, 6.07) is 0. The first-order chi connectivity index (χ1) is 7.49. The molecule has 0 bridgehead atoms. The van der Waals surface area contributed by atoms with Gasteiger partial charge < -0.3 is 11.1 Å². The fourth-order valence-electron chi connectivity index (χ4n) is 0.714. The first-order valence-electron chi connectivity index (χ1n) is 3.98. The van der Waals surface area contributed by atoms with Gasteiger partial charge in [-0.05, 0) is 15.9 Å². The number of nitrogens with two attached hydrogens (primary N) is 1. The fourth-order valence-corrected chi connectivity index (χ4v) is 1.89. The van der Waals surface area contributed by atoms with Crippen molar-refractivity contribution in [1.29, 1.82) is 0 Å². The van der Waals surface area contributed by atoms with Crippen LogP contribution in [0, 0.1) is 0 Å². The Kier molecular flexibility index (Phi) is 4.77. The van der Waals surface area contributed by atoms with Crippen LogP contribution in [0.15, 0.2) is 9.98 Å². The van der Waals surface area contributed by atoms with E-state index < -0.39 is 11.8 Å². The molecule has 4 N–H and O–H groups in total. The number of rotatable bonds is 3. The minimum atomic E-state index is -0.807. The van der Waals surface area contributed by atoms with Gasteiger partial charge in [0.25, 0.3) is 0 Å². The monoisotopic (exact) mass is 322 g/mol. The van der Waals surface area contributed by atoms with E-state index in [1.165, 1.54) is 17.5 Å². The van der Waals surface area contributed by atoms with Crippen molar-refractivity contribution in [3.8, 4) is 0 Å². The Labute approximate surface area is 109 Å². The van der Waals surface area contributed by atoms with Crippen molar-refractivity contribution in [2.45, 2.75) is 0 Å². The third-order valence-corrected chi connectivity index (χ3v) is 2.86. The zero-order chi connectivity index (χ0) is 12.1. The number of nitrogens with zero attached hydrogens (tertiary/aromatic N) is 1.